The van der Waals surface area contributed by atoms with Crippen LogP contribution in [0.1, 0.15) is 39.0 Å². The summed E-state index contributed by atoms with van der Waals surface area (Å²) < 4.78 is -0.512. The monoisotopic (exact) mass is 315 g/mol. The first-order valence-corrected chi connectivity index (χ1v) is 7.41. The number of hydrogen-bond acceptors (Lipinski definition) is 4. The minimum atomic E-state index is -1.43. The molecule has 0 aliphatic heterocycles. The van der Waals surface area contributed by atoms with Crippen molar-refractivity contribution in [2.45, 2.75) is 39.0 Å². The Kier molecular flexibility index (Phi) is 9.86. The zero-order valence-corrected chi connectivity index (χ0v) is 13.0. The van der Waals surface area contributed by atoms with Gasteiger partial charge in [-0.1, -0.05) is 18.6 Å². The fourth-order valence-electron chi connectivity index (χ4n) is 2.48. The molecule has 0 atom stereocenters. The molecule has 0 radical (unpaired) electrons. The molecule has 22 heavy (non-hydrogen) atoms. The summed E-state index contributed by atoms with van der Waals surface area (Å²) in [6, 6.07) is 0. The topological polar surface area (TPSA) is 115 Å². The zero-order valence-electron chi connectivity index (χ0n) is 13.0. The maximum Gasteiger partial charge on any atom is 0.359 e. The number of hydrogen-bond donors (Lipinski definition) is 2. The number of allylic oxidation sites excluding steroid dienone is 2. The van der Waals surface area contributed by atoms with Crippen LogP contribution in [0.25, 0.3) is 0 Å². The van der Waals surface area contributed by atoms with E-state index in [1.807, 2.05) is 13.0 Å². The lowest BCUT2D eigenvalue weighted by Crippen LogP contribution is -2.59. The Labute approximate surface area is 130 Å². The maximum absolute atomic E-state index is 11.0. The van der Waals surface area contributed by atoms with E-state index in [0.717, 1.165) is 25.7 Å². The molecule has 0 rings (SSSR count). The molecule has 0 aliphatic rings. The van der Waals surface area contributed by atoms with Gasteiger partial charge < -0.3 is 24.6 Å². The molecule has 0 aromatic carbocycles. The van der Waals surface area contributed by atoms with Gasteiger partial charge in [0.2, 0.25) is 0 Å². The number of nitrogens with zero attached hydrogens (tertiary/aromatic N) is 1. The highest BCUT2D eigenvalue weighted by molar-refractivity contribution is 5.72. The molecule has 126 valence electrons. The Balaban J connectivity index is 4.57. The van der Waals surface area contributed by atoms with Crippen LogP contribution in [-0.2, 0) is 14.4 Å². The first kappa shape index (κ1) is 20.1. The summed E-state index contributed by atoms with van der Waals surface area (Å²) in [6.45, 7) is 0.495. The molecule has 0 bridgehead atoms. The Morgan fingerprint density at radius 3 is 1.95 bits per heavy atom. The van der Waals surface area contributed by atoms with Crippen LogP contribution in [0.5, 0.6) is 0 Å². The van der Waals surface area contributed by atoms with Crippen molar-refractivity contribution in [2.75, 3.05) is 26.2 Å². The lowest BCUT2D eigenvalue weighted by Gasteiger charge is -2.36. The summed E-state index contributed by atoms with van der Waals surface area (Å²) in [5.41, 5.74) is 0. The summed E-state index contributed by atoms with van der Waals surface area (Å²) in [5, 5.41) is 28.8. The quantitative estimate of drug-likeness (QED) is 0.286. The number of carbonyl (C=O) groups excluding carboxylic acids is 1. The Morgan fingerprint density at radius 1 is 0.955 bits per heavy atom. The van der Waals surface area contributed by atoms with Crippen molar-refractivity contribution >= 4 is 17.9 Å². The van der Waals surface area contributed by atoms with E-state index in [-0.39, 0.29) is 6.54 Å². The molecule has 0 aromatic rings. The van der Waals surface area contributed by atoms with Crippen LogP contribution in [-0.4, -0.2) is 58.8 Å². The van der Waals surface area contributed by atoms with Gasteiger partial charge in [0.1, 0.15) is 6.54 Å². The molecule has 0 spiro atoms. The molecule has 2 N–H and O–H groups in total. The number of aliphatic carboxylic acids is 3. The van der Waals surface area contributed by atoms with Gasteiger partial charge in [-0.3, -0.25) is 0 Å². The first-order chi connectivity index (χ1) is 10.3. The molecule has 0 aliphatic carbocycles. The van der Waals surface area contributed by atoms with E-state index in [1.165, 1.54) is 0 Å². The van der Waals surface area contributed by atoms with Gasteiger partial charge in [-0.05, 0) is 32.6 Å². The second kappa shape index (κ2) is 10.8. The average Bonchev–Trinajstić information content (AvgIpc) is 2.35. The SMILES string of the molecule is C/C=C/CCCCCC[N+](CC(=O)[O-])(CC(=O)O)CC(=O)O. The normalized spacial score (nSPS) is 11.7. The van der Waals surface area contributed by atoms with Crippen molar-refractivity contribution in [1.29, 1.82) is 0 Å². The lowest BCUT2D eigenvalue weighted by molar-refractivity contribution is -0.909. The molecular weight excluding hydrogens is 290 g/mol. The minimum absolute atomic E-state index is 0.205. The molecule has 0 saturated carbocycles. The number of unbranched alkanes of at least 4 members (excludes halogenated alkanes) is 4. The molecule has 7 heteroatoms. The van der Waals surface area contributed by atoms with Crippen LogP contribution in [0.15, 0.2) is 12.2 Å². The lowest BCUT2D eigenvalue weighted by atomic mass is 10.1. The summed E-state index contributed by atoms with van der Waals surface area (Å²) in [6.07, 6.45) is 8.35. The van der Waals surface area contributed by atoms with Crippen LogP contribution < -0.4 is 5.11 Å². The molecular formula is C15H25NO6. The highest BCUT2D eigenvalue weighted by atomic mass is 16.4. The van der Waals surface area contributed by atoms with Gasteiger partial charge in [0.15, 0.2) is 13.1 Å². The Morgan fingerprint density at radius 2 is 1.50 bits per heavy atom. The van der Waals surface area contributed by atoms with Gasteiger partial charge in [-0.15, -0.1) is 0 Å². The van der Waals surface area contributed by atoms with Gasteiger partial charge in [-0.25, -0.2) is 9.59 Å². The fourth-order valence-corrected chi connectivity index (χ4v) is 2.48. The van der Waals surface area contributed by atoms with Crippen LogP contribution in [0.3, 0.4) is 0 Å². The highest BCUT2D eigenvalue weighted by Crippen LogP contribution is 2.12. The molecule has 0 unspecified atom stereocenters. The zero-order chi connectivity index (χ0) is 17.0. The Hall–Kier alpha value is -1.89. The standard InChI is InChI=1S/C15H25NO6/c1-2-3-4-5-6-7-8-9-16(10-13(17)18,11-14(19)20)12-15(21)22/h2-3H,4-12H2,1H3,(H2-,17,18,19,20,21,22)/b3-2+. The number of carbonyl (C=O) groups is 3. The predicted molar refractivity (Wildman–Crippen MR) is 77.9 cm³/mol. The van der Waals surface area contributed by atoms with E-state index in [4.69, 9.17) is 10.2 Å². The van der Waals surface area contributed by atoms with E-state index in [1.54, 1.807) is 0 Å². The van der Waals surface area contributed by atoms with Gasteiger partial charge in [0, 0.05) is 0 Å². The highest BCUT2D eigenvalue weighted by Gasteiger charge is 2.33. The number of carboxylic acid groups (broad SMARTS) is 3. The van der Waals surface area contributed by atoms with Crippen LogP contribution in [0, 0.1) is 0 Å². The van der Waals surface area contributed by atoms with Gasteiger partial charge in [0.05, 0.1) is 12.5 Å². The van der Waals surface area contributed by atoms with Gasteiger partial charge >= 0.3 is 11.9 Å². The largest absolute Gasteiger partial charge is 0.544 e. The van der Waals surface area contributed by atoms with Crippen molar-refractivity contribution in [3.05, 3.63) is 12.2 Å². The molecule has 0 heterocycles. The Bertz CT molecular complexity index is 364. The first-order valence-electron chi connectivity index (χ1n) is 7.41. The van der Waals surface area contributed by atoms with Crippen molar-refractivity contribution in [3.8, 4) is 0 Å². The second-order valence-electron chi connectivity index (χ2n) is 5.47. The average molecular weight is 315 g/mol. The van der Waals surface area contributed by atoms with Gasteiger partial charge in [0.25, 0.3) is 0 Å². The third kappa shape index (κ3) is 9.93. The van der Waals surface area contributed by atoms with Crippen molar-refractivity contribution in [1.82, 2.24) is 0 Å². The van der Waals surface area contributed by atoms with E-state index in [0.29, 0.717) is 6.42 Å². The summed E-state index contributed by atoms with van der Waals surface area (Å²) in [7, 11) is 0. The van der Waals surface area contributed by atoms with E-state index in [9.17, 15) is 19.5 Å². The number of carboxylic acids is 3. The van der Waals surface area contributed by atoms with Gasteiger partial charge in [-0.2, -0.15) is 0 Å². The smallest absolute Gasteiger partial charge is 0.359 e. The van der Waals surface area contributed by atoms with Crippen LogP contribution in [0.2, 0.25) is 0 Å². The predicted octanol–water partition coefficient (Wildman–Crippen LogP) is 0.249. The fraction of sp³-hybridized carbons (Fsp3) is 0.667. The van der Waals surface area contributed by atoms with E-state index in [2.05, 4.69) is 6.08 Å². The third-order valence-corrected chi connectivity index (χ3v) is 3.39. The van der Waals surface area contributed by atoms with Crippen molar-refractivity contribution in [2.24, 2.45) is 0 Å². The molecule has 0 aromatic heterocycles. The molecule has 0 fully saturated rings. The van der Waals surface area contributed by atoms with Crippen LogP contribution >= 0.6 is 0 Å². The third-order valence-electron chi connectivity index (χ3n) is 3.39. The summed E-state index contributed by atoms with van der Waals surface area (Å²) in [5.74, 6) is -3.86. The minimum Gasteiger partial charge on any atom is -0.544 e. The molecule has 7 nitrogen and oxygen atoms in total. The van der Waals surface area contributed by atoms with Crippen molar-refractivity contribution < 1.29 is 34.2 Å². The van der Waals surface area contributed by atoms with E-state index >= 15 is 0 Å². The second-order valence-corrected chi connectivity index (χ2v) is 5.47. The summed E-state index contributed by atoms with van der Waals surface area (Å²) in [4.78, 5) is 32.8. The van der Waals surface area contributed by atoms with E-state index < -0.39 is 42.0 Å². The molecule has 0 amide bonds. The number of rotatable bonds is 13. The summed E-state index contributed by atoms with van der Waals surface area (Å²) >= 11 is 0. The van der Waals surface area contributed by atoms with Crippen LogP contribution in [0.4, 0.5) is 0 Å². The van der Waals surface area contributed by atoms with Crippen molar-refractivity contribution in [3.63, 3.8) is 0 Å². The molecule has 0 saturated heterocycles. The number of quaternary nitrogens is 1. The maximum atomic E-state index is 11.0.